The Hall–Kier alpha value is -2.96. The molecule has 1 aliphatic carbocycles. The summed E-state index contributed by atoms with van der Waals surface area (Å²) in [6.45, 7) is 6.23. The summed E-state index contributed by atoms with van der Waals surface area (Å²) in [5, 5.41) is 7.02. The molecule has 0 atom stereocenters. The summed E-state index contributed by atoms with van der Waals surface area (Å²) in [7, 11) is 0. The summed E-state index contributed by atoms with van der Waals surface area (Å²) < 4.78 is 5.71. The number of nitrogens with zero attached hydrogens (tertiary/aromatic N) is 3. The summed E-state index contributed by atoms with van der Waals surface area (Å²) in [5.74, 6) is 0.975. The lowest BCUT2D eigenvalue weighted by molar-refractivity contribution is 0.0950. The first-order valence-electron chi connectivity index (χ1n) is 8.68. The van der Waals surface area contributed by atoms with Gasteiger partial charge < -0.3 is 15.1 Å². The zero-order valence-corrected chi connectivity index (χ0v) is 15.1. The number of anilines is 1. The molecule has 0 radical (unpaired) electrons. The lowest BCUT2D eigenvalue weighted by Gasteiger charge is -2.13. The van der Waals surface area contributed by atoms with E-state index in [0.29, 0.717) is 34.8 Å². The van der Waals surface area contributed by atoms with Gasteiger partial charge in [-0.1, -0.05) is 6.07 Å². The molecule has 0 unspecified atom stereocenters. The molecule has 4 rings (SSSR count). The van der Waals surface area contributed by atoms with Crippen LogP contribution in [0, 0.1) is 13.8 Å². The van der Waals surface area contributed by atoms with Crippen molar-refractivity contribution in [3.8, 4) is 0 Å². The van der Waals surface area contributed by atoms with Gasteiger partial charge in [-0.15, -0.1) is 0 Å². The zero-order chi connectivity index (χ0) is 18.3. The Morgan fingerprint density at radius 3 is 2.81 bits per heavy atom. The molecular formula is C19H21N5O2. The van der Waals surface area contributed by atoms with Crippen molar-refractivity contribution in [1.82, 2.24) is 20.3 Å². The van der Waals surface area contributed by atoms with E-state index in [1.165, 1.54) is 6.33 Å². The molecule has 1 fully saturated rings. The Kier molecular flexibility index (Phi) is 3.86. The molecule has 3 heterocycles. The number of hydrogen-bond donors (Lipinski definition) is 2. The first-order valence-corrected chi connectivity index (χ1v) is 8.68. The molecule has 1 saturated carbocycles. The van der Waals surface area contributed by atoms with Crippen molar-refractivity contribution in [2.45, 2.75) is 45.7 Å². The molecule has 1 amide bonds. The van der Waals surface area contributed by atoms with E-state index in [2.05, 4.69) is 32.5 Å². The minimum atomic E-state index is -0.205. The summed E-state index contributed by atoms with van der Waals surface area (Å²) in [5.41, 5.74) is 2.81. The molecule has 0 bridgehead atoms. The number of rotatable bonds is 5. The second kappa shape index (κ2) is 6.09. The number of furan rings is 1. The van der Waals surface area contributed by atoms with Crippen LogP contribution in [0.2, 0.25) is 0 Å². The van der Waals surface area contributed by atoms with E-state index >= 15 is 0 Å². The van der Waals surface area contributed by atoms with Crippen LogP contribution >= 0.6 is 0 Å². The van der Waals surface area contributed by atoms with Crippen molar-refractivity contribution >= 4 is 22.8 Å². The number of carbonyl (C=O) groups excluding carboxylic acids is 1. The first-order chi connectivity index (χ1) is 12.5. The van der Waals surface area contributed by atoms with Gasteiger partial charge in [-0.2, -0.15) is 0 Å². The van der Waals surface area contributed by atoms with Crippen molar-refractivity contribution < 1.29 is 9.21 Å². The first kappa shape index (κ1) is 16.5. The number of aromatic nitrogens is 3. The number of aryl methyl sites for hydroxylation is 2. The number of carbonyl (C=O) groups is 1. The summed E-state index contributed by atoms with van der Waals surface area (Å²) in [4.78, 5) is 25.7. The van der Waals surface area contributed by atoms with Gasteiger partial charge in [-0.05, 0) is 45.2 Å². The van der Waals surface area contributed by atoms with Crippen LogP contribution < -0.4 is 10.6 Å². The van der Waals surface area contributed by atoms with Crippen molar-refractivity contribution in [2.24, 2.45) is 0 Å². The van der Waals surface area contributed by atoms with Gasteiger partial charge in [0.15, 0.2) is 0 Å². The van der Waals surface area contributed by atoms with Gasteiger partial charge in [0.1, 0.15) is 17.9 Å². The van der Waals surface area contributed by atoms with Gasteiger partial charge in [0.05, 0.1) is 10.9 Å². The van der Waals surface area contributed by atoms with Crippen LogP contribution in [-0.4, -0.2) is 26.4 Å². The van der Waals surface area contributed by atoms with Crippen LogP contribution in [0.5, 0.6) is 0 Å². The van der Waals surface area contributed by atoms with E-state index in [-0.39, 0.29) is 11.4 Å². The van der Waals surface area contributed by atoms with Crippen molar-refractivity contribution in [3.63, 3.8) is 0 Å². The summed E-state index contributed by atoms with van der Waals surface area (Å²) in [6.07, 6.45) is 5.36. The normalized spacial score (nSPS) is 15.0. The molecule has 0 saturated heterocycles. The Bertz CT molecular complexity index is 991. The summed E-state index contributed by atoms with van der Waals surface area (Å²) >= 11 is 0. The Morgan fingerprint density at radius 2 is 2.08 bits per heavy atom. The maximum absolute atomic E-state index is 12.9. The Labute approximate surface area is 151 Å². The SMILES string of the molecule is Cc1ncccc1CNC(=O)c1c(C)oc2ncnc(NC3(C)CC3)c12. The van der Waals surface area contributed by atoms with E-state index in [4.69, 9.17) is 4.42 Å². The van der Waals surface area contributed by atoms with E-state index < -0.39 is 0 Å². The van der Waals surface area contributed by atoms with E-state index in [0.717, 1.165) is 24.1 Å². The second-order valence-corrected chi connectivity index (χ2v) is 7.05. The van der Waals surface area contributed by atoms with Crippen LogP contribution in [0.4, 0.5) is 5.82 Å². The third-order valence-corrected chi connectivity index (χ3v) is 4.87. The van der Waals surface area contributed by atoms with Gasteiger partial charge in [0, 0.05) is 24.0 Å². The van der Waals surface area contributed by atoms with Crippen LogP contribution in [-0.2, 0) is 6.54 Å². The predicted octanol–water partition coefficient (Wildman–Crippen LogP) is 3.13. The number of pyridine rings is 1. The highest BCUT2D eigenvalue weighted by atomic mass is 16.3. The number of fused-ring (bicyclic) bond motifs is 1. The average molecular weight is 351 g/mol. The molecule has 3 aromatic rings. The largest absolute Gasteiger partial charge is 0.442 e. The second-order valence-electron chi connectivity index (χ2n) is 7.05. The lowest BCUT2D eigenvalue weighted by atomic mass is 10.1. The highest BCUT2D eigenvalue weighted by Gasteiger charge is 2.38. The van der Waals surface area contributed by atoms with E-state index in [1.807, 2.05) is 19.1 Å². The fourth-order valence-corrected chi connectivity index (χ4v) is 2.98. The van der Waals surface area contributed by atoms with Crippen LogP contribution in [0.25, 0.3) is 11.1 Å². The molecule has 3 aromatic heterocycles. The predicted molar refractivity (Wildman–Crippen MR) is 97.9 cm³/mol. The highest BCUT2D eigenvalue weighted by molar-refractivity contribution is 6.10. The van der Waals surface area contributed by atoms with Gasteiger partial charge >= 0.3 is 0 Å². The molecule has 0 aromatic carbocycles. The minimum Gasteiger partial charge on any atom is -0.442 e. The smallest absolute Gasteiger partial charge is 0.255 e. The number of hydrogen-bond acceptors (Lipinski definition) is 6. The fraction of sp³-hybridized carbons (Fsp3) is 0.368. The van der Waals surface area contributed by atoms with Crippen molar-refractivity contribution in [2.75, 3.05) is 5.32 Å². The molecular weight excluding hydrogens is 330 g/mol. The minimum absolute atomic E-state index is 0.0347. The van der Waals surface area contributed by atoms with E-state index in [9.17, 15) is 4.79 Å². The van der Waals surface area contributed by atoms with Gasteiger partial charge in [-0.25, -0.2) is 9.97 Å². The fourth-order valence-electron chi connectivity index (χ4n) is 2.98. The Balaban J connectivity index is 1.65. The molecule has 26 heavy (non-hydrogen) atoms. The molecule has 0 aliphatic heterocycles. The zero-order valence-electron chi connectivity index (χ0n) is 15.1. The average Bonchev–Trinajstić information content (AvgIpc) is 3.22. The van der Waals surface area contributed by atoms with Crippen molar-refractivity contribution in [3.05, 3.63) is 47.2 Å². The molecule has 7 heteroatoms. The van der Waals surface area contributed by atoms with Crippen LogP contribution in [0.1, 0.15) is 47.1 Å². The standard InChI is InChI=1S/C19H21N5O2/c1-11-13(5-4-8-20-11)9-21-17(25)14-12(2)26-18-15(14)16(22-10-23-18)24-19(3)6-7-19/h4-5,8,10H,6-7,9H2,1-3H3,(H,21,25)(H,22,23,24). The maximum Gasteiger partial charge on any atom is 0.255 e. The molecule has 0 spiro atoms. The molecule has 7 nitrogen and oxygen atoms in total. The molecule has 2 N–H and O–H groups in total. The third-order valence-electron chi connectivity index (χ3n) is 4.87. The summed E-state index contributed by atoms with van der Waals surface area (Å²) in [6, 6.07) is 3.81. The van der Waals surface area contributed by atoms with Crippen molar-refractivity contribution in [1.29, 1.82) is 0 Å². The maximum atomic E-state index is 12.9. The molecule has 134 valence electrons. The molecule has 1 aliphatic rings. The van der Waals surface area contributed by atoms with Crippen LogP contribution in [0.3, 0.4) is 0 Å². The van der Waals surface area contributed by atoms with Gasteiger partial charge in [-0.3, -0.25) is 9.78 Å². The van der Waals surface area contributed by atoms with E-state index in [1.54, 1.807) is 13.1 Å². The monoisotopic (exact) mass is 351 g/mol. The quantitative estimate of drug-likeness (QED) is 0.733. The highest BCUT2D eigenvalue weighted by Crippen LogP contribution is 2.40. The van der Waals surface area contributed by atoms with Crippen LogP contribution in [0.15, 0.2) is 29.1 Å². The number of nitrogens with one attached hydrogen (secondary N) is 2. The lowest BCUT2D eigenvalue weighted by Crippen LogP contribution is -2.24. The third kappa shape index (κ3) is 3.00. The van der Waals surface area contributed by atoms with Gasteiger partial charge in [0.25, 0.3) is 5.91 Å². The topological polar surface area (TPSA) is 92.9 Å². The van der Waals surface area contributed by atoms with Gasteiger partial charge in [0.2, 0.25) is 5.71 Å². The number of amides is 1. The Morgan fingerprint density at radius 1 is 1.27 bits per heavy atom.